The van der Waals surface area contributed by atoms with E-state index in [1.807, 2.05) is 11.8 Å². The van der Waals surface area contributed by atoms with Gasteiger partial charge in [-0.3, -0.25) is 4.79 Å². The van der Waals surface area contributed by atoms with Gasteiger partial charge in [0, 0.05) is 25.5 Å². The van der Waals surface area contributed by atoms with Gasteiger partial charge < -0.3 is 9.64 Å². The molecule has 0 bridgehead atoms. The lowest BCUT2D eigenvalue weighted by molar-refractivity contribution is -0.132. The monoisotopic (exact) mass is 219 g/mol. The minimum Gasteiger partial charge on any atom is -0.380 e. The summed E-state index contributed by atoms with van der Waals surface area (Å²) in [6.07, 6.45) is 2.60. The van der Waals surface area contributed by atoms with Crippen LogP contribution in [-0.2, 0) is 9.53 Å². The predicted molar refractivity (Wildman–Crippen MR) is 56.6 cm³/mol. The Morgan fingerprint density at radius 2 is 2.43 bits per heavy atom. The van der Waals surface area contributed by atoms with Gasteiger partial charge in [0.05, 0.1) is 12.6 Å². The second-order valence-electron chi connectivity index (χ2n) is 3.48. The van der Waals surface area contributed by atoms with Crippen LogP contribution >= 0.6 is 11.6 Å². The quantitative estimate of drug-likeness (QED) is 0.658. The molecule has 4 heteroatoms. The highest BCUT2D eigenvalue weighted by Gasteiger charge is 2.27. The largest absolute Gasteiger partial charge is 0.380 e. The van der Waals surface area contributed by atoms with Gasteiger partial charge in [0.15, 0.2) is 0 Å². The standard InChI is InChI=1S/C10H18ClNO2/c1-2-14-8-9-4-3-7-12(9)10(13)5-6-11/h9H,2-8H2,1H3. The molecule has 0 radical (unpaired) electrons. The molecule has 1 heterocycles. The van der Waals surface area contributed by atoms with Crippen LogP contribution < -0.4 is 0 Å². The lowest BCUT2D eigenvalue weighted by atomic mass is 10.2. The lowest BCUT2D eigenvalue weighted by Crippen LogP contribution is -2.38. The number of ether oxygens (including phenoxy) is 1. The number of likely N-dealkylation sites (tertiary alicyclic amines) is 1. The van der Waals surface area contributed by atoms with E-state index in [9.17, 15) is 4.79 Å². The molecule has 0 aliphatic carbocycles. The normalized spacial score (nSPS) is 21.6. The highest BCUT2D eigenvalue weighted by Crippen LogP contribution is 2.18. The number of nitrogens with zero attached hydrogens (tertiary/aromatic N) is 1. The summed E-state index contributed by atoms with van der Waals surface area (Å²) < 4.78 is 5.35. The highest BCUT2D eigenvalue weighted by atomic mass is 35.5. The molecule has 14 heavy (non-hydrogen) atoms. The summed E-state index contributed by atoms with van der Waals surface area (Å²) >= 11 is 5.55. The van der Waals surface area contributed by atoms with Gasteiger partial charge >= 0.3 is 0 Å². The molecule has 3 nitrogen and oxygen atoms in total. The second-order valence-corrected chi connectivity index (χ2v) is 3.86. The van der Waals surface area contributed by atoms with Crippen LogP contribution in [0.1, 0.15) is 26.2 Å². The summed E-state index contributed by atoms with van der Waals surface area (Å²) in [5.74, 6) is 0.582. The van der Waals surface area contributed by atoms with Crippen LogP contribution in [0.2, 0.25) is 0 Å². The van der Waals surface area contributed by atoms with Crippen molar-refractivity contribution in [1.29, 1.82) is 0 Å². The molecule has 0 spiro atoms. The molecule has 1 aliphatic heterocycles. The second kappa shape index (κ2) is 6.25. The Kier molecular flexibility index (Phi) is 5.26. The van der Waals surface area contributed by atoms with Gasteiger partial charge in [0.1, 0.15) is 0 Å². The first-order chi connectivity index (χ1) is 6.79. The molecule has 1 fully saturated rings. The number of hydrogen-bond donors (Lipinski definition) is 0. The van der Waals surface area contributed by atoms with Crippen molar-refractivity contribution < 1.29 is 9.53 Å². The molecule has 1 unspecified atom stereocenters. The first-order valence-corrected chi connectivity index (χ1v) is 5.76. The van der Waals surface area contributed by atoms with Crippen molar-refractivity contribution in [2.45, 2.75) is 32.2 Å². The van der Waals surface area contributed by atoms with E-state index in [2.05, 4.69) is 0 Å². The Morgan fingerprint density at radius 1 is 1.64 bits per heavy atom. The summed E-state index contributed by atoms with van der Waals surface area (Å²) in [4.78, 5) is 13.5. The summed E-state index contributed by atoms with van der Waals surface area (Å²) in [7, 11) is 0. The van der Waals surface area contributed by atoms with Crippen LogP contribution in [0.4, 0.5) is 0 Å². The number of halogens is 1. The lowest BCUT2D eigenvalue weighted by Gasteiger charge is -2.24. The summed E-state index contributed by atoms with van der Waals surface area (Å²) in [5.41, 5.74) is 0. The summed E-state index contributed by atoms with van der Waals surface area (Å²) in [6, 6.07) is 0.283. The molecule has 0 N–H and O–H groups in total. The average molecular weight is 220 g/mol. The van der Waals surface area contributed by atoms with Crippen LogP contribution in [0, 0.1) is 0 Å². The maximum absolute atomic E-state index is 11.6. The molecule has 1 saturated heterocycles. The molecule has 0 aromatic carbocycles. The van der Waals surface area contributed by atoms with Gasteiger partial charge in [0.25, 0.3) is 0 Å². The van der Waals surface area contributed by atoms with Crippen LogP contribution in [0.5, 0.6) is 0 Å². The van der Waals surface area contributed by atoms with Gasteiger partial charge in [-0.15, -0.1) is 11.6 Å². The van der Waals surface area contributed by atoms with Crippen molar-refractivity contribution in [1.82, 2.24) is 4.90 Å². The zero-order valence-corrected chi connectivity index (χ0v) is 9.42. The van der Waals surface area contributed by atoms with Gasteiger partial charge in [-0.05, 0) is 19.8 Å². The number of amides is 1. The Bertz CT molecular complexity index is 187. The average Bonchev–Trinajstić information content (AvgIpc) is 2.63. The van der Waals surface area contributed by atoms with Crippen molar-refractivity contribution in [3.05, 3.63) is 0 Å². The Hall–Kier alpha value is -0.280. The molecule has 1 aliphatic rings. The van der Waals surface area contributed by atoms with Crippen molar-refractivity contribution in [3.8, 4) is 0 Å². The molecular weight excluding hydrogens is 202 g/mol. The molecule has 1 atom stereocenters. The van der Waals surface area contributed by atoms with E-state index in [0.29, 0.717) is 25.5 Å². The first-order valence-electron chi connectivity index (χ1n) is 5.22. The summed E-state index contributed by atoms with van der Waals surface area (Å²) in [6.45, 7) is 4.23. The van der Waals surface area contributed by atoms with Crippen molar-refractivity contribution in [2.75, 3.05) is 25.6 Å². The van der Waals surface area contributed by atoms with E-state index in [0.717, 1.165) is 19.4 Å². The molecule has 1 rings (SSSR count). The predicted octanol–water partition coefficient (Wildman–Crippen LogP) is 1.64. The third-order valence-corrected chi connectivity index (χ3v) is 2.71. The van der Waals surface area contributed by atoms with Gasteiger partial charge in [-0.1, -0.05) is 0 Å². The van der Waals surface area contributed by atoms with Crippen molar-refractivity contribution in [3.63, 3.8) is 0 Å². The molecule has 0 aromatic heterocycles. The maximum atomic E-state index is 11.6. The van der Waals surface area contributed by atoms with Crippen LogP contribution in [0.3, 0.4) is 0 Å². The van der Waals surface area contributed by atoms with E-state index >= 15 is 0 Å². The van der Waals surface area contributed by atoms with E-state index in [1.54, 1.807) is 0 Å². The fourth-order valence-electron chi connectivity index (χ4n) is 1.82. The topological polar surface area (TPSA) is 29.5 Å². The zero-order chi connectivity index (χ0) is 10.4. The number of carbonyl (C=O) groups excluding carboxylic acids is 1. The van der Waals surface area contributed by atoms with Gasteiger partial charge in [0.2, 0.25) is 5.91 Å². The molecule has 0 aromatic rings. The molecule has 82 valence electrons. The highest BCUT2D eigenvalue weighted by molar-refractivity contribution is 6.18. The van der Waals surface area contributed by atoms with Gasteiger partial charge in [-0.2, -0.15) is 0 Å². The number of carbonyl (C=O) groups is 1. The molecule has 0 saturated carbocycles. The minimum absolute atomic E-state index is 0.169. The van der Waals surface area contributed by atoms with Crippen LogP contribution in [0.15, 0.2) is 0 Å². The van der Waals surface area contributed by atoms with Crippen molar-refractivity contribution in [2.24, 2.45) is 0 Å². The SMILES string of the molecule is CCOCC1CCCN1C(=O)CCCl. The molecule has 1 amide bonds. The first kappa shape index (κ1) is 11.8. The fraction of sp³-hybridized carbons (Fsp3) is 0.900. The third kappa shape index (κ3) is 3.14. The van der Waals surface area contributed by atoms with E-state index in [4.69, 9.17) is 16.3 Å². The molecular formula is C10H18ClNO2. The smallest absolute Gasteiger partial charge is 0.224 e. The minimum atomic E-state index is 0.169. The third-order valence-electron chi connectivity index (χ3n) is 2.52. The fourth-order valence-corrected chi connectivity index (χ4v) is 1.98. The number of hydrogen-bond acceptors (Lipinski definition) is 2. The zero-order valence-electron chi connectivity index (χ0n) is 8.67. The van der Waals surface area contributed by atoms with E-state index in [-0.39, 0.29) is 11.9 Å². The van der Waals surface area contributed by atoms with Crippen LogP contribution in [-0.4, -0.2) is 42.5 Å². The Balaban J connectivity index is 2.38. The van der Waals surface area contributed by atoms with E-state index < -0.39 is 0 Å². The Labute approximate surface area is 90.4 Å². The van der Waals surface area contributed by atoms with Crippen molar-refractivity contribution >= 4 is 17.5 Å². The van der Waals surface area contributed by atoms with Gasteiger partial charge in [-0.25, -0.2) is 0 Å². The number of alkyl halides is 1. The maximum Gasteiger partial charge on any atom is 0.224 e. The summed E-state index contributed by atoms with van der Waals surface area (Å²) in [5, 5.41) is 0. The van der Waals surface area contributed by atoms with E-state index in [1.165, 1.54) is 0 Å². The number of rotatable bonds is 5. The van der Waals surface area contributed by atoms with Crippen LogP contribution in [0.25, 0.3) is 0 Å². The Morgan fingerprint density at radius 3 is 3.07 bits per heavy atom.